The number of aromatic nitrogens is 4. The van der Waals surface area contributed by atoms with E-state index in [0.29, 0.717) is 5.88 Å². The molecule has 2 aromatic rings. The number of rotatable bonds is 2. The zero-order valence-corrected chi connectivity index (χ0v) is 5.39. The molecule has 6 heteroatoms. The molecule has 6 nitrogen and oxygen atoms in total. The van der Waals surface area contributed by atoms with Gasteiger partial charge in [0.05, 0.1) is 6.20 Å². The smallest absolute Gasteiger partial charge is 0.360 e. The number of nitrogens with zero attached hydrogens (tertiary/aromatic N) is 3. The summed E-state index contributed by atoms with van der Waals surface area (Å²) in [7, 11) is 0. The molecule has 0 fully saturated rings. The van der Waals surface area contributed by atoms with Crippen LogP contribution in [0, 0.1) is 0 Å². The SMILES string of the molecule is c1cc(Oc2ncon2)[nH]n1. The third-order valence-electron chi connectivity index (χ3n) is 1.02. The zero-order chi connectivity index (χ0) is 7.52. The van der Waals surface area contributed by atoms with Crippen LogP contribution in [0.15, 0.2) is 23.2 Å². The van der Waals surface area contributed by atoms with E-state index in [9.17, 15) is 0 Å². The van der Waals surface area contributed by atoms with Crippen molar-refractivity contribution in [2.45, 2.75) is 0 Å². The Bertz CT molecular complexity index is 269. The monoisotopic (exact) mass is 152 g/mol. The molecule has 0 aliphatic carbocycles. The van der Waals surface area contributed by atoms with E-state index in [1.165, 1.54) is 6.39 Å². The Kier molecular flexibility index (Phi) is 1.29. The molecule has 0 spiro atoms. The highest BCUT2D eigenvalue weighted by Crippen LogP contribution is 2.11. The Labute approximate surface area is 61.2 Å². The number of nitrogens with one attached hydrogen (secondary N) is 1. The van der Waals surface area contributed by atoms with E-state index in [4.69, 9.17) is 4.74 Å². The molecule has 0 amide bonds. The van der Waals surface area contributed by atoms with E-state index >= 15 is 0 Å². The van der Waals surface area contributed by atoms with Gasteiger partial charge in [0.1, 0.15) is 0 Å². The van der Waals surface area contributed by atoms with E-state index in [-0.39, 0.29) is 6.01 Å². The molecule has 2 heterocycles. The number of hydrogen-bond donors (Lipinski definition) is 1. The fourth-order valence-corrected chi connectivity index (χ4v) is 0.604. The fraction of sp³-hybridized carbons (Fsp3) is 0. The van der Waals surface area contributed by atoms with Gasteiger partial charge in [0, 0.05) is 6.07 Å². The van der Waals surface area contributed by atoms with Crippen molar-refractivity contribution in [3.63, 3.8) is 0 Å². The summed E-state index contributed by atoms with van der Waals surface area (Å²) in [5, 5.41) is 9.68. The summed E-state index contributed by atoms with van der Waals surface area (Å²) in [5.74, 6) is 0.478. The molecule has 0 unspecified atom stereocenters. The van der Waals surface area contributed by atoms with E-state index in [2.05, 4.69) is 24.9 Å². The van der Waals surface area contributed by atoms with Gasteiger partial charge < -0.3 is 9.26 Å². The molecule has 0 aromatic carbocycles. The molecule has 2 aromatic heterocycles. The van der Waals surface area contributed by atoms with Crippen LogP contribution in [-0.2, 0) is 0 Å². The maximum absolute atomic E-state index is 5.02. The van der Waals surface area contributed by atoms with Crippen molar-refractivity contribution < 1.29 is 9.26 Å². The summed E-state index contributed by atoms with van der Waals surface area (Å²) >= 11 is 0. The van der Waals surface area contributed by atoms with Crippen molar-refractivity contribution in [2.75, 3.05) is 0 Å². The van der Waals surface area contributed by atoms with Crippen LogP contribution >= 0.6 is 0 Å². The van der Waals surface area contributed by atoms with Crippen molar-refractivity contribution >= 4 is 0 Å². The third-order valence-corrected chi connectivity index (χ3v) is 1.02. The summed E-state index contributed by atoms with van der Waals surface area (Å²) in [6.45, 7) is 0. The first kappa shape index (κ1) is 5.90. The van der Waals surface area contributed by atoms with Crippen LogP contribution in [0.25, 0.3) is 0 Å². The normalized spacial score (nSPS) is 9.82. The van der Waals surface area contributed by atoms with E-state index < -0.39 is 0 Å². The van der Waals surface area contributed by atoms with Crippen molar-refractivity contribution in [2.24, 2.45) is 0 Å². The average Bonchev–Trinajstić information content (AvgIpc) is 2.60. The second-order valence-electron chi connectivity index (χ2n) is 1.74. The first-order valence-electron chi connectivity index (χ1n) is 2.89. The summed E-state index contributed by atoms with van der Waals surface area (Å²) in [6, 6.07) is 1.81. The maximum atomic E-state index is 5.02. The van der Waals surface area contributed by atoms with Crippen LogP contribution in [0.1, 0.15) is 0 Å². The average molecular weight is 152 g/mol. The predicted molar refractivity (Wildman–Crippen MR) is 33.0 cm³/mol. The first-order chi connectivity index (χ1) is 5.45. The molecule has 11 heavy (non-hydrogen) atoms. The standard InChI is InChI=1S/C5H4N4O2/c1-2-7-8-4(1)11-5-6-3-10-9-5/h1-3H,(H,7,8). The highest BCUT2D eigenvalue weighted by Gasteiger charge is 2.00. The highest BCUT2D eigenvalue weighted by molar-refractivity contribution is 5.09. The van der Waals surface area contributed by atoms with Crippen LogP contribution in [0.4, 0.5) is 0 Å². The lowest BCUT2D eigenvalue weighted by atomic mass is 10.7. The minimum absolute atomic E-state index is 0.161. The van der Waals surface area contributed by atoms with Gasteiger partial charge >= 0.3 is 6.01 Å². The van der Waals surface area contributed by atoms with Gasteiger partial charge in [0.15, 0.2) is 0 Å². The zero-order valence-electron chi connectivity index (χ0n) is 5.39. The van der Waals surface area contributed by atoms with Crippen LogP contribution in [0.3, 0.4) is 0 Å². The molecule has 0 saturated heterocycles. The quantitative estimate of drug-likeness (QED) is 0.681. The van der Waals surface area contributed by atoms with Gasteiger partial charge in [0.25, 0.3) is 0 Å². The molecule has 0 radical (unpaired) electrons. The lowest BCUT2D eigenvalue weighted by molar-refractivity contribution is 0.359. The largest absolute Gasteiger partial charge is 0.404 e. The molecule has 0 aliphatic heterocycles. The van der Waals surface area contributed by atoms with Gasteiger partial charge in [0.2, 0.25) is 12.3 Å². The minimum Gasteiger partial charge on any atom is -0.404 e. The maximum Gasteiger partial charge on any atom is 0.360 e. The summed E-state index contributed by atoms with van der Waals surface area (Å²) in [6.07, 6.45) is 2.75. The predicted octanol–water partition coefficient (Wildman–Crippen LogP) is 0.585. The van der Waals surface area contributed by atoms with Gasteiger partial charge in [-0.3, -0.25) is 0 Å². The number of H-pyrrole nitrogens is 1. The van der Waals surface area contributed by atoms with Crippen molar-refractivity contribution in [1.82, 2.24) is 20.3 Å². The van der Waals surface area contributed by atoms with Crippen LogP contribution in [-0.4, -0.2) is 20.3 Å². The topological polar surface area (TPSA) is 76.8 Å². The van der Waals surface area contributed by atoms with Gasteiger partial charge in [-0.15, -0.1) is 0 Å². The Morgan fingerprint density at radius 1 is 1.55 bits per heavy atom. The van der Waals surface area contributed by atoms with Crippen molar-refractivity contribution in [3.8, 4) is 11.9 Å². The van der Waals surface area contributed by atoms with E-state index in [1.807, 2.05) is 0 Å². The molecule has 56 valence electrons. The van der Waals surface area contributed by atoms with Crippen LogP contribution in [0.2, 0.25) is 0 Å². The van der Waals surface area contributed by atoms with Crippen molar-refractivity contribution in [3.05, 3.63) is 18.7 Å². The molecule has 2 rings (SSSR count). The Morgan fingerprint density at radius 2 is 2.55 bits per heavy atom. The second-order valence-corrected chi connectivity index (χ2v) is 1.74. The van der Waals surface area contributed by atoms with Gasteiger partial charge in [-0.1, -0.05) is 0 Å². The molecule has 0 bridgehead atoms. The van der Waals surface area contributed by atoms with Gasteiger partial charge in [-0.2, -0.15) is 10.1 Å². The Hall–Kier alpha value is -1.85. The van der Waals surface area contributed by atoms with Gasteiger partial charge in [-0.05, 0) is 5.16 Å². The fourth-order valence-electron chi connectivity index (χ4n) is 0.604. The lowest BCUT2D eigenvalue weighted by Gasteiger charge is -1.91. The molecule has 1 N–H and O–H groups in total. The number of ether oxygens (including phenoxy) is 1. The minimum atomic E-state index is 0.161. The summed E-state index contributed by atoms with van der Waals surface area (Å²) < 4.78 is 9.47. The molecule has 0 atom stereocenters. The molecular formula is C5H4N4O2. The van der Waals surface area contributed by atoms with Crippen LogP contribution < -0.4 is 4.74 Å². The van der Waals surface area contributed by atoms with E-state index in [1.54, 1.807) is 12.3 Å². The Balaban J connectivity index is 2.14. The molecular weight excluding hydrogens is 148 g/mol. The first-order valence-corrected chi connectivity index (χ1v) is 2.89. The number of aromatic amines is 1. The Morgan fingerprint density at radius 3 is 3.18 bits per heavy atom. The van der Waals surface area contributed by atoms with E-state index in [0.717, 1.165) is 0 Å². The van der Waals surface area contributed by atoms with Crippen molar-refractivity contribution in [1.29, 1.82) is 0 Å². The molecule has 0 saturated carbocycles. The third kappa shape index (κ3) is 1.18. The summed E-state index contributed by atoms with van der Waals surface area (Å²) in [5.41, 5.74) is 0. The van der Waals surface area contributed by atoms with Crippen LogP contribution in [0.5, 0.6) is 11.9 Å². The van der Waals surface area contributed by atoms with Gasteiger partial charge in [-0.25, -0.2) is 5.10 Å². The summed E-state index contributed by atoms with van der Waals surface area (Å²) in [4.78, 5) is 3.64. The second kappa shape index (κ2) is 2.41. The lowest BCUT2D eigenvalue weighted by Crippen LogP contribution is -1.85. The number of hydrogen-bond acceptors (Lipinski definition) is 5. The highest BCUT2D eigenvalue weighted by atomic mass is 16.6. The molecule has 0 aliphatic rings.